The van der Waals surface area contributed by atoms with Crippen LogP contribution in [0.1, 0.15) is 12.5 Å². The monoisotopic (exact) mass is 247 g/mol. The zero-order valence-electron chi connectivity index (χ0n) is 8.98. The Labute approximate surface area is 100 Å². The van der Waals surface area contributed by atoms with E-state index >= 15 is 0 Å². The zero-order valence-corrected chi connectivity index (χ0v) is 9.80. The van der Waals surface area contributed by atoms with Gasteiger partial charge < -0.3 is 4.74 Å². The summed E-state index contributed by atoms with van der Waals surface area (Å²) >= 11 is 0. The first-order chi connectivity index (χ1) is 7.27. The fourth-order valence-corrected chi connectivity index (χ4v) is 1.26. The molecule has 0 amide bonds. The molecule has 1 rings (SSSR count). The predicted molar refractivity (Wildman–Crippen MR) is 62.1 cm³/mol. The van der Waals surface area contributed by atoms with Gasteiger partial charge in [0.2, 0.25) is 0 Å². The summed E-state index contributed by atoms with van der Waals surface area (Å²) in [7, 11) is 0. The number of hydrogen-bond acceptors (Lipinski definition) is 3. The molecule has 3 nitrogen and oxygen atoms in total. The number of carbonyl (C=O) groups is 1. The highest BCUT2D eigenvalue weighted by atomic mass is 35.5. The minimum Gasteiger partial charge on any atom is -0.465 e. The fourth-order valence-electron chi connectivity index (χ4n) is 1.26. The van der Waals surface area contributed by atoms with Crippen LogP contribution in [0, 0.1) is 0 Å². The van der Waals surface area contributed by atoms with Gasteiger partial charge in [-0.3, -0.25) is 4.79 Å². The topological polar surface area (TPSA) is 38.3 Å². The number of rotatable bonds is 5. The van der Waals surface area contributed by atoms with Crippen LogP contribution in [0.4, 0.5) is 4.48 Å². The highest BCUT2D eigenvalue weighted by Gasteiger charge is 2.19. The second-order valence-corrected chi connectivity index (χ2v) is 3.10. The van der Waals surface area contributed by atoms with Crippen LogP contribution in [0.15, 0.2) is 30.3 Å². The van der Waals surface area contributed by atoms with E-state index in [0.717, 1.165) is 5.56 Å². The largest absolute Gasteiger partial charge is 0.465 e. The van der Waals surface area contributed by atoms with E-state index in [4.69, 9.17) is 4.74 Å². The molecule has 0 aromatic heterocycles. The Bertz CT molecular complexity index is 308. The molecule has 0 heterocycles. The van der Waals surface area contributed by atoms with Crippen LogP contribution in [-0.4, -0.2) is 18.6 Å². The van der Waals surface area contributed by atoms with Crippen molar-refractivity contribution in [2.75, 3.05) is 6.61 Å². The van der Waals surface area contributed by atoms with Crippen LogP contribution >= 0.6 is 12.4 Å². The average molecular weight is 248 g/mol. The minimum absolute atomic E-state index is 0. The van der Waals surface area contributed by atoms with E-state index < -0.39 is 12.0 Å². The van der Waals surface area contributed by atoms with Gasteiger partial charge in [0.05, 0.1) is 6.61 Å². The predicted octanol–water partition coefficient (Wildman–Crippen LogP) is 2.06. The number of ether oxygens (including phenoxy) is 1. The molecule has 5 heteroatoms. The van der Waals surface area contributed by atoms with Crippen molar-refractivity contribution in [3.05, 3.63) is 35.9 Å². The molecule has 0 unspecified atom stereocenters. The third-order valence-electron chi connectivity index (χ3n) is 1.99. The summed E-state index contributed by atoms with van der Waals surface area (Å²) in [6.07, 6.45) is 0.288. The number of esters is 1. The molecule has 0 bridgehead atoms. The van der Waals surface area contributed by atoms with Gasteiger partial charge in [-0.05, 0) is 12.5 Å². The summed E-state index contributed by atoms with van der Waals surface area (Å²) in [6.45, 7) is 1.95. The number of carbonyl (C=O) groups excluding carboxylic acids is 1. The lowest BCUT2D eigenvalue weighted by Gasteiger charge is -2.12. The molecule has 0 saturated heterocycles. The Morgan fingerprint density at radius 2 is 2.06 bits per heavy atom. The van der Waals surface area contributed by atoms with Crippen molar-refractivity contribution in [2.24, 2.45) is 0 Å². The van der Waals surface area contributed by atoms with E-state index in [1.165, 1.54) is 5.54 Å². The van der Waals surface area contributed by atoms with Crippen molar-refractivity contribution < 1.29 is 14.0 Å². The third kappa shape index (κ3) is 4.59. The van der Waals surface area contributed by atoms with Crippen LogP contribution in [-0.2, 0) is 16.0 Å². The van der Waals surface area contributed by atoms with Crippen LogP contribution in [0.3, 0.4) is 0 Å². The zero-order chi connectivity index (χ0) is 11.1. The van der Waals surface area contributed by atoms with Crippen LogP contribution in [0.25, 0.3) is 0 Å². The van der Waals surface area contributed by atoms with Gasteiger partial charge in [-0.2, -0.15) is 0 Å². The van der Waals surface area contributed by atoms with Crippen molar-refractivity contribution in [2.45, 2.75) is 19.4 Å². The van der Waals surface area contributed by atoms with E-state index in [2.05, 4.69) is 0 Å². The molecule has 0 aliphatic rings. The normalized spacial score (nSPS) is 11.4. The fraction of sp³-hybridized carbons (Fsp3) is 0.364. The first-order valence-electron chi connectivity index (χ1n) is 4.84. The summed E-state index contributed by atoms with van der Waals surface area (Å²) in [6, 6.07) is 8.30. The lowest BCUT2D eigenvalue weighted by Crippen LogP contribution is -2.35. The molecule has 90 valence electrons. The van der Waals surface area contributed by atoms with Crippen LogP contribution in [0.5, 0.6) is 0 Å². The maximum Gasteiger partial charge on any atom is 0.326 e. The van der Waals surface area contributed by atoms with Gasteiger partial charge in [-0.15, -0.1) is 22.4 Å². The molecule has 1 N–H and O–H groups in total. The van der Waals surface area contributed by atoms with Gasteiger partial charge in [-0.25, -0.2) is 0 Å². The first kappa shape index (κ1) is 14.9. The van der Waals surface area contributed by atoms with Crippen molar-refractivity contribution in [3.63, 3.8) is 0 Å². The van der Waals surface area contributed by atoms with Crippen LogP contribution in [0.2, 0.25) is 0 Å². The third-order valence-corrected chi connectivity index (χ3v) is 1.99. The molecule has 0 saturated carbocycles. The molecule has 0 fully saturated rings. The van der Waals surface area contributed by atoms with E-state index in [0.29, 0.717) is 0 Å². The molecule has 0 aliphatic carbocycles. The number of hydrogen-bond donors (Lipinski definition) is 1. The average Bonchev–Trinajstić information content (AvgIpc) is 2.27. The molecule has 0 spiro atoms. The maximum atomic E-state index is 12.4. The molecule has 1 atom stereocenters. The Hall–Kier alpha value is -1.13. The second-order valence-electron chi connectivity index (χ2n) is 3.10. The van der Waals surface area contributed by atoms with Gasteiger partial charge in [0, 0.05) is 6.42 Å². The Morgan fingerprint density at radius 1 is 1.44 bits per heavy atom. The Morgan fingerprint density at radius 3 is 2.56 bits per heavy atom. The quantitative estimate of drug-likeness (QED) is 0.639. The van der Waals surface area contributed by atoms with E-state index in [-0.39, 0.29) is 25.4 Å². The van der Waals surface area contributed by atoms with Crippen molar-refractivity contribution >= 4 is 18.4 Å². The molecule has 1 aromatic carbocycles. The summed E-state index contributed by atoms with van der Waals surface area (Å²) in [5.41, 5.74) is 2.35. The number of benzene rings is 1. The maximum absolute atomic E-state index is 12.4. The summed E-state index contributed by atoms with van der Waals surface area (Å²) < 4.78 is 17.1. The first-order valence-corrected chi connectivity index (χ1v) is 4.84. The van der Waals surface area contributed by atoms with Gasteiger partial charge >= 0.3 is 5.97 Å². The van der Waals surface area contributed by atoms with E-state index in [9.17, 15) is 9.28 Å². The van der Waals surface area contributed by atoms with Crippen LogP contribution < -0.4 is 5.54 Å². The summed E-state index contributed by atoms with van der Waals surface area (Å²) in [5, 5.41) is 0. The number of nitrogens with one attached hydrogen (secondary N) is 1. The molecular formula is C11H15ClFNO2. The SMILES string of the molecule is CCOC(=O)[C@H](Cc1ccccc1)NF.Cl. The minimum atomic E-state index is -0.924. The van der Waals surface area contributed by atoms with Gasteiger partial charge in [0.25, 0.3) is 0 Å². The summed E-state index contributed by atoms with van der Waals surface area (Å²) in [5.74, 6) is -0.566. The van der Waals surface area contributed by atoms with Crippen molar-refractivity contribution in [1.29, 1.82) is 0 Å². The lowest BCUT2D eigenvalue weighted by molar-refractivity contribution is -0.147. The Kier molecular flexibility index (Phi) is 7.50. The molecule has 0 aliphatic heterocycles. The number of halogens is 2. The van der Waals surface area contributed by atoms with E-state index in [1.807, 2.05) is 30.3 Å². The van der Waals surface area contributed by atoms with Crippen molar-refractivity contribution in [3.8, 4) is 0 Å². The van der Waals surface area contributed by atoms with E-state index in [1.54, 1.807) is 6.92 Å². The van der Waals surface area contributed by atoms with Crippen molar-refractivity contribution in [1.82, 2.24) is 5.54 Å². The molecular weight excluding hydrogens is 233 g/mol. The lowest BCUT2D eigenvalue weighted by atomic mass is 10.1. The summed E-state index contributed by atoms with van der Waals surface area (Å²) in [4.78, 5) is 11.3. The second kappa shape index (κ2) is 8.07. The molecule has 16 heavy (non-hydrogen) atoms. The Balaban J connectivity index is 0.00000225. The van der Waals surface area contributed by atoms with Gasteiger partial charge in [-0.1, -0.05) is 30.3 Å². The smallest absolute Gasteiger partial charge is 0.326 e. The highest BCUT2D eigenvalue weighted by molar-refractivity contribution is 5.85. The van der Waals surface area contributed by atoms with Gasteiger partial charge in [0.15, 0.2) is 0 Å². The molecule has 0 radical (unpaired) electrons. The highest BCUT2D eigenvalue weighted by Crippen LogP contribution is 2.04. The molecule has 1 aromatic rings. The van der Waals surface area contributed by atoms with Gasteiger partial charge in [0.1, 0.15) is 6.04 Å². The standard InChI is InChI=1S/C11H14FNO2.ClH/c1-2-15-11(14)10(13-12)8-9-6-4-3-5-7-9;/h3-7,10,13H,2,8H2,1H3;1H/t10-;/m0./s1.